The minimum absolute atomic E-state index is 0.0775. The number of fused-ring (bicyclic) bond motifs is 2. The lowest BCUT2D eigenvalue weighted by Crippen LogP contribution is -2.18. The number of aliphatic imine (C=N–C) groups is 1. The van der Waals surface area contributed by atoms with Gasteiger partial charge in [0.25, 0.3) is 0 Å². The standard InChI is InChI=1S/C26H23NO/c1-26(2,3)24-14-18(12-13-25(24)28)16-27-17-23-21-10-6-4-8-19(21)15-20-9-5-7-11-22(20)23/h4-17H,1-3H3. The summed E-state index contributed by atoms with van der Waals surface area (Å²) in [6.45, 7) is 6.16. The summed E-state index contributed by atoms with van der Waals surface area (Å²) >= 11 is 0. The summed E-state index contributed by atoms with van der Waals surface area (Å²) in [5.41, 5.74) is 2.68. The summed E-state index contributed by atoms with van der Waals surface area (Å²) in [5, 5.41) is 4.77. The molecule has 1 aliphatic rings. The number of hydrogen-bond acceptors (Lipinski definition) is 2. The van der Waals surface area contributed by atoms with Gasteiger partial charge in [0.05, 0.1) is 0 Å². The van der Waals surface area contributed by atoms with Crippen LogP contribution in [0.3, 0.4) is 0 Å². The van der Waals surface area contributed by atoms with Crippen LogP contribution in [0.25, 0.3) is 21.5 Å². The van der Waals surface area contributed by atoms with E-state index in [0.717, 1.165) is 16.7 Å². The molecule has 0 saturated heterocycles. The largest absolute Gasteiger partial charge is 0.290 e. The van der Waals surface area contributed by atoms with E-state index in [1.165, 1.54) is 21.5 Å². The average molecular weight is 365 g/mol. The van der Waals surface area contributed by atoms with Gasteiger partial charge in [0.1, 0.15) is 0 Å². The van der Waals surface area contributed by atoms with Gasteiger partial charge >= 0.3 is 0 Å². The lowest BCUT2D eigenvalue weighted by molar-refractivity contribution is -0.112. The Kier molecular flexibility index (Phi) is 4.56. The van der Waals surface area contributed by atoms with Crippen LogP contribution in [0.4, 0.5) is 0 Å². The molecule has 0 fully saturated rings. The van der Waals surface area contributed by atoms with Crippen molar-refractivity contribution in [3.63, 3.8) is 0 Å². The zero-order valence-corrected chi connectivity index (χ0v) is 16.4. The second-order valence-corrected chi connectivity index (χ2v) is 8.15. The van der Waals surface area contributed by atoms with Gasteiger partial charge in [-0.2, -0.15) is 0 Å². The SMILES string of the molecule is CC(C)(C)C1=CC(=CN=Cc2c3ccccc3cc3ccccc23)C=CC1=O. The Balaban J connectivity index is 1.79. The van der Waals surface area contributed by atoms with Crippen LogP contribution >= 0.6 is 0 Å². The first-order chi connectivity index (χ1) is 13.4. The van der Waals surface area contributed by atoms with Gasteiger partial charge in [0.2, 0.25) is 0 Å². The number of nitrogens with zero attached hydrogens (tertiary/aromatic N) is 1. The van der Waals surface area contributed by atoms with Gasteiger partial charge in [-0.3, -0.25) is 9.79 Å². The molecule has 2 heteroatoms. The summed E-state index contributed by atoms with van der Waals surface area (Å²) < 4.78 is 0. The highest BCUT2D eigenvalue weighted by Gasteiger charge is 2.24. The molecule has 0 atom stereocenters. The Morgan fingerprint density at radius 1 is 0.857 bits per heavy atom. The van der Waals surface area contributed by atoms with E-state index in [1.807, 2.05) is 24.6 Å². The van der Waals surface area contributed by atoms with Gasteiger partial charge in [-0.05, 0) is 56.8 Å². The quantitative estimate of drug-likeness (QED) is 0.381. The third-order valence-corrected chi connectivity index (χ3v) is 5.05. The summed E-state index contributed by atoms with van der Waals surface area (Å²) in [4.78, 5) is 16.8. The molecule has 1 aliphatic carbocycles. The van der Waals surface area contributed by atoms with E-state index < -0.39 is 0 Å². The maximum absolute atomic E-state index is 12.2. The van der Waals surface area contributed by atoms with Crippen LogP contribution in [-0.4, -0.2) is 12.0 Å². The molecule has 3 aromatic carbocycles. The number of ketones is 1. The topological polar surface area (TPSA) is 29.4 Å². The third-order valence-electron chi connectivity index (χ3n) is 5.05. The second kappa shape index (κ2) is 7.05. The fourth-order valence-corrected chi connectivity index (χ4v) is 3.60. The lowest BCUT2D eigenvalue weighted by atomic mass is 9.81. The molecular weight excluding hydrogens is 342 g/mol. The van der Waals surface area contributed by atoms with Crippen LogP contribution in [0.2, 0.25) is 0 Å². The van der Waals surface area contributed by atoms with E-state index in [4.69, 9.17) is 0 Å². The molecular formula is C26H23NO. The molecule has 0 N–H and O–H groups in total. The molecule has 0 amide bonds. The maximum atomic E-state index is 12.2. The predicted molar refractivity (Wildman–Crippen MR) is 119 cm³/mol. The molecule has 28 heavy (non-hydrogen) atoms. The Bertz CT molecular complexity index is 1150. The van der Waals surface area contributed by atoms with Crippen LogP contribution in [0, 0.1) is 5.41 Å². The average Bonchev–Trinajstić information content (AvgIpc) is 2.67. The normalized spacial score (nSPS) is 16.5. The van der Waals surface area contributed by atoms with Crippen molar-refractivity contribution in [2.24, 2.45) is 10.4 Å². The Labute approximate surface area is 165 Å². The number of carbonyl (C=O) groups excluding carboxylic acids is 1. The van der Waals surface area contributed by atoms with Gasteiger partial charge in [-0.15, -0.1) is 0 Å². The predicted octanol–water partition coefficient (Wildman–Crippen LogP) is 6.41. The first-order valence-corrected chi connectivity index (χ1v) is 9.52. The van der Waals surface area contributed by atoms with Crippen molar-refractivity contribution in [1.82, 2.24) is 0 Å². The summed E-state index contributed by atoms with van der Waals surface area (Å²) in [5.74, 6) is 0.0775. The van der Waals surface area contributed by atoms with Gasteiger partial charge in [0, 0.05) is 23.6 Å². The van der Waals surface area contributed by atoms with Crippen LogP contribution in [0.5, 0.6) is 0 Å². The monoisotopic (exact) mass is 365 g/mol. The molecule has 0 bridgehead atoms. The fourth-order valence-electron chi connectivity index (χ4n) is 3.60. The fraction of sp³-hybridized carbons (Fsp3) is 0.154. The zero-order valence-electron chi connectivity index (χ0n) is 16.4. The molecule has 3 aromatic rings. The van der Waals surface area contributed by atoms with Crippen molar-refractivity contribution >= 4 is 33.5 Å². The van der Waals surface area contributed by atoms with Crippen molar-refractivity contribution < 1.29 is 4.79 Å². The molecule has 0 aliphatic heterocycles. The summed E-state index contributed by atoms with van der Waals surface area (Å²) in [6.07, 6.45) is 9.16. The Hall–Kier alpha value is -3.26. The molecule has 0 heterocycles. The van der Waals surface area contributed by atoms with E-state index in [2.05, 4.69) is 80.4 Å². The van der Waals surface area contributed by atoms with Crippen LogP contribution < -0.4 is 0 Å². The Morgan fingerprint density at radius 3 is 2.07 bits per heavy atom. The van der Waals surface area contributed by atoms with E-state index in [-0.39, 0.29) is 11.2 Å². The smallest absolute Gasteiger partial charge is 0.182 e. The Morgan fingerprint density at radius 2 is 1.46 bits per heavy atom. The van der Waals surface area contributed by atoms with Crippen molar-refractivity contribution in [3.8, 4) is 0 Å². The van der Waals surface area contributed by atoms with E-state index in [9.17, 15) is 4.79 Å². The molecule has 0 unspecified atom stereocenters. The molecule has 0 radical (unpaired) electrons. The molecule has 0 aromatic heterocycles. The number of hydrogen-bond donors (Lipinski definition) is 0. The second-order valence-electron chi connectivity index (χ2n) is 8.15. The number of allylic oxidation sites excluding steroid dienone is 5. The van der Waals surface area contributed by atoms with Crippen LogP contribution in [0.15, 0.2) is 95.2 Å². The van der Waals surface area contributed by atoms with Gasteiger partial charge in [-0.25, -0.2) is 0 Å². The van der Waals surface area contributed by atoms with Gasteiger partial charge in [-0.1, -0.05) is 69.3 Å². The first kappa shape index (κ1) is 18.1. The molecule has 2 nitrogen and oxygen atoms in total. The highest BCUT2D eigenvalue weighted by molar-refractivity contribution is 6.13. The minimum Gasteiger partial charge on any atom is -0.290 e. The highest BCUT2D eigenvalue weighted by Crippen LogP contribution is 2.30. The lowest BCUT2D eigenvalue weighted by Gasteiger charge is -2.22. The van der Waals surface area contributed by atoms with E-state index >= 15 is 0 Å². The summed E-state index contributed by atoms with van der Waals surface area (Å²) in [7, 11) is 0. The molecule has 0 spiro atoms. The maximum Gasteiger partial charge on any atom is 0.182 e. The summed E-state index contributed by atoms with van der Waals surface area (Å²) in [6, 6.07) is 19.0. The highest BCUT2D eigenvalue weighted by atomic mass is 16.1. The van der Waals surface area contributed by atoms with Gasteiger partial charge in [0.15, 0.2) is 5.78 Å². The van der Waals surface area contributed by atoms with E-state index in [1.54, 1.807) is 6.08 Å². The number of benzene rings is 3. The number of carbonyl (C=O) groups is 1. The molecule has 138 valence electrons. The first-order valence-electron chi connectivity index (χ1n) is 9.52. The molecule has 4 rings (SSSR count). The van der Waals surface area contributed by atoms with Crippen LogP contribution in [0.1, 0.15) is 26.3 Å². The number of rotatable bonds is 2. The van der Waals surface area contributed by atoms with Crippen molar-refractivity contribution in [3.05, 3.63) is 95.7 Å². The van der Waals surface area contributed by atoms with Gasteiger partial charge < -0.3 is 0 Å². The third kappa shape index (κ3) is 3.46. The minimum atomic E-state index is -0.184. The molecule has 0 saturated carbocycles. The van der Waals surface area contributed by atoms with Crippen LogP contribution in [-0.2, 0) is 4.79 Å². The zero-order chi connectivity index (χ0) is 19.7. The van der Waals surface area contributed by atoms with Crippen molar-refractivity contribution in [2.45, 2.75) is 20.8 Å². The van der Waals surface area contributed by atoms with E-state index in [0.29, 0.717) is 0 Å². The van der Waals surface area contributed by atoms with Crippen molar-refractivity contribution in [1.29, 1.82) is 0 Å². The van der Waals surface area contributed by atoms with Crippen molar-refractivity contribution in [2.75, 3.05) is 0 Å².